The summed E-state index contributed by atoms with van der Waals surface area (Å²) in [5, 5.41) is 3.66. The van der Waals surface area contributed by atoms with E-state index in [0.29, 0.717) is 6.54 Å². The van der Waals surface area contributed by atoms with E-state index in [9.17, 15) is 8.42 Å². The van der Waals surface area contributed by atoms with Crippen LogP contribution in [0.1, 0.15) is 33.1 Å². The van der Waals surface area contributed by atoms with E-state index in [1.54, 1.807) is 13.8 Å². The molecular formula is C14H23ClN2O2S. The van der Waals surface area contributed by atoms with E-state index in [2.05, 4.69) is 10.0 Å². The van der Waals surface area contributed by atoms with Gasteiger partial charge in [0.2, 0.25) is 10.0 Å². The third kappa shape index (κ3) is 6.59. The summed E-state index contributed by atoms with van der Waals surface area (Å²) in [4.78, 5) is 0. The number of nitrogens with one attached hydrogen (secondary N) is 2. The summed E-state index contributed by atoms with van der Waals surface area (Å²) < 4.78 is 25.6. The van der Waals surface area contributed by atoms with Gasteiger partial charge in [-0.1, -0.05) is 18.0 Å². The maximum atomic E-state index is 11.5. The van der Waals surface area contributed by atoms with Crippen LogP contribution in [-0.4, -0.2) is 26.8 Å². The van der Waals surface area contributed by atoms with Crippen LogP contribution >= 0.6 is 11.6 Å². The summed E-state index contributed by atoms with van der Waals surface area (Å²) in [7, 11) is -3.12. The van der Waals surface area contributed by atoms with Gasteiger partial charge in [0, 0.05) is 23.8 Å². The summed E-state index contributed by atoms with van der Waals surface area (Å²) in [5.41, 5.74) is 1.05. The Balaban J connectivity index is 2.07. The molecule has 4 nitrogen and oxygen atoms in total. The molecule has 0 aromatic heterocycles. The summed E-state index contributed by atoms with van der Waals surface area (Å²) in [5.74, 6) is 0. The number of benzene rings is 1. The Morgan fingerprint density at radius 3 is 2.25 bits per heavy atom. The first-order chi connectivity index (χ1) is 9.42. The van der Waals surface area contributed by atoms with Gasteiger partial charge in [0.15, 0.2) is 0 Å². The fraction of sp³-hybridized carbons (Fsp3) is 0.571. The van der Waals surface area contributed by atoms with Gasteiger partial charge in [-0.2, -0.15) is 0 Å². The Labute approximate surface area is 127 Å². The third-order valence-corrected chi connectivity index (χ3v) is 5.05. The van der Waals surface area contributed by atoms with E-state index in [1.165, 1.54) is 0 Å². The van der Waals surface area contributed by atoms with Crippen molar-refractivity contribution in [2.24, 2.45) is 0 Å². The van der Waals surface area contributed by atoms with E-state index >= 15 is 0 Å². The molecule has 0 aliphatic heterocycles. The second-order valence-electron chi connectivity index (χ2n) is 4.98. The first-order valence-electron chi connectivity index (χ1n) is 6.90. The number of hydrogen-bond acceptors (Lipinski definition) is 3. The SMILES string of the molecule is CC(C)S(=O)(=O)NCCCCCNc1ccc(Cl)cc1. The summed E-state index contributed by atoms with van der Waals surface area (Å²) in [6.45, 7) is 4.75. The topological polar surface area (TPSA) is 58.2 Å². The fourth-order valence-electron chi connectivity index (χ4n) is 1.61. The van der Waals surface area contributed by atoms with Gasteiger partial charge in [0.05, 0.1) is 5.25 Å². The predicted octanol–water partition coefficient (Wildman–Crippen LogP) is 3.25. The molecule has 2 N–H and O–H groups in total. The van der Waals surface area contributed by atoms with Crippen molar-refractivity contribution >= 4 is 27.3 Å². The van der Waals surface area contributed by atoms with Crippen LogP contribution in [-0.2, 0) is 10.0 Å². The van der Waals surface area contributed by atoms with Crippen molar-refractivity contribution in [2.75, 3.05) is 18.4 Å². The molecule has 0 radical (unpaired) electrons. The van der Waals surface area contributed by atoms with Crippen LogP contribution in [0.3, 0.4) is 0 Å². The summed E-state index contributed by atoms with van der Waals surface area (Å²) in [6, 6.07) is 7.59. The number of anilines is 1. The van der Waals surface area contributed by atoms with Crippen LogP contribution in [0.25, 0.3) is 0 Å². The molecule has 0 heterocycles. The van der Waals surface area contributed by atoms with Crippen molar-refractivity contribution in [3.05, 3.63) is 29.3 Å². The molecule has 0 aliphatic rings. The quantitative estimate of drug-likeness (QED) is 0.687. The molecule has 1 aromatic rings. The average molecular weight is 319 g/mol. The Hall–Kier alpha value is -0.780. The lowest BCUT2D eigenvalue weighted by Crippen LogP contribution is -2.31. The lowest BCUT2D eigenvalue weighted by atomic mass is 10.2. The molecule has 6 heteroatoms. The number of sulfonamides is 1. The van der Waals surface area contributed by atoms with Crippen LogP contribution < -0.4 is 10.0 Å². The van der Waals surface area contributed by atoms with E-state index < -0.39 is 10.0 Å². The molecule has 0 aliphatic carbocycles. The van der Waals surface area contributed by atoms with Gasteiger partial charge in [0.1, 0.15) is 0 Å². The first kappa shape index (κ1) is 17.3. The van der Waals surface area contributed by atoms with E-state index in [0.717, 1.165) is 36.5 Å². The minimum Gasteiger partial charge on any atom is -0.385 e. The Bertz CT molecular complexity index is 486. The van der Waals surface area contributed by atoms with Gasteiger partial charge >= 0.3 is 0 Å². The number of halogens is 1. The molecule has 0 saturated heterocycles. The van der Waals surface area contributed by atoms with Crippen LogP contribution in [0, 0.1) is 0 Å². The highest BCUT2D eigenvalue weighted by Crippen LogP contribution is 2.13. The number of hydrogen-bond donors (Lipinski definition) is 2. The average Bonchev–Trinajstić information content (AvgIpc) is 2.39. The van der Waals surface area contributed by atoms with Gasteiger partial charge in [-0.05, 0) is 51.0 Å². The van der Waals surface area contributed by atoms with Crippen molar-refractivity contribution in [1.82, 2.24) is 4.72 Å². The van der Waals surface area contributed by atoms with Gasteiger partial charge in [-0.25, -0.2) is 13.1 Å². The lowest BCUT2D eigenvalue weighted by molar-refractivity contribution is 0.566. The molecule has 0 saturated carbocycles. The number of rotatable bonds is 9. The maximum absolute atomic E-state index is 11.5. The minimum absolute atomic E-state index is 0.367. The van der Waals surface area contributed by atoms with Gasteiger partial charge in [0.25, 0.3) is 0 Å². The van der Waals surface area contributed by atoms with E-state index in [-0.39, 0.29) is 5.25 Å². The normalized spacial score (nSPS) is 11.8. The van der Waals surface area contributed by atoms with Crippen molar-refractivity contribution in [2.45, 2.75) is 38.4 Å². The van der Waals surface area contributed by atoms with Crippen LogP contribution in [0.15, 0.2) is 24.3 Å². The molecule has 0 spiro atoms. The smallest absolute Gasteiger partial charge is 0.213 e. The maximum Gasteiger partial charge on any atom is 0.213 e. The zero-order chi connectivity index (χ0) is 15.0. The monoisotopic (exact) mass is 318 g/mol. The molecule has 0 bridgehead atoms. The minimum atomic E-state index is -3.12. The largest absolute Gasteiger partial charge is 0.385 e. The standard InChI is InChI=1S/C14H23ClN2O2S/c1-12(2)20(18,19)17-11-5-3-4-10-16-14-8-6-13(15)7-9-14/h6-9,12,16-17H,3-5,10-11H2,1-2H3. The Kier molecular flexibility index (Phi) is 7.34. The first-order valence-corrected chi connectivity index (χ1v) is 8.82. The molecule has 0 atom stereocenters. The van der Waals surface area contributed by atoms with Crippen molar-refractivity contribution in [3.8, 4) is 0 Å². The van der Waals surface area contributed by atoms with E-state index in [4.69, 9.17) is 11.6 Å². The number of unbranched alkanes of at least 4 members (excludes halogenated alkanes) is 2. The van der Waals surface area contributed by atoms with Gasteiger partial charge in [-0.3, -0.25) is 0 Å². The summed E-state index contributed by atoms with van der Waals surface area (Å²) >= 11 is 5.81. The Morgan fingerprint density at radius 1 is 1.05 bits per heavy atom. The zero-order valence-corrected chi connectivity index (χ0v) is 13.6. The van der Waals surface area contributed by atoms with Crippen LogP contribution in [0.4, 0.5) is 5.69 Å². The molecule has 1 aromatic carbocycles. The second-order valence-corrected chi connectivity index (χ2v) is 7.74. The zero-order valence-electron chi connectivity index (χ0n) is 12.0. The van der Waals surface area contributed by atoms with E-state index in [1.807, 2.05) is 24.3 Å². The molecular weight excluding hydrogens is 296 g/mol. The highest BCUT2D eigenvalue weighted by molar-refractivity contribution is 7.90. The van der Waals surface area contributed by atoms with Crippen molar-refractivity contribution in [1.29, 1.82) is 0 Å². The molecule has 1 rings (SSSR count). The molecule has 20 heavy (non-hydrogen) atoms. The lowest BCUT2D eigenvalue weighted by Gasteiger charge is -2.09. The predicted molar refractivity (Wildman–Crippen MR) is 85.9 cm³/mol. The fourth-order valence-corrected chi connectivity index (χ4v) is 2.50. The summed E-state index contributed by atoms with van der Waals surface area (Å²) in [6.07, 6.45) is 2.85. The highest BCUT2D eigenvalue weighted by Gasteiger charge is 2.13. The van der Waals surface area contributed by atoms with Crippen LogP contribution in [0.5, 0.6) is 0 Å². The van der Waals surface area contributed by atoms with Crippen LogP contribution in [0.2, 0.25) is 5.02 Å². The molecule has 0 amide bonds. The van der Waals surface area contributed by atoms with Gasteiger partial charge in [-0.15, -0.1) is 0 Å². The Morgan fingerprint density at radius 2 is 1.65 bits per heavy atom. The van der Waals surface area contributed by atoms with Crippen molar-refractivity contribution in [3.63, 3.8) is 0 Å². The highest BCUT2D eigenvalue weighted by atomic mass is 35.5. The third-order valence-electron chi connectivity index (χ3n) is 2.95. The second kappa shape index (κ2) is 8.49. The van der Waals surface area contributed by atoms with Crippen molar-refractivity contribution < 1.29 is 8.42 Å². The van der Waals surface area contributed by atoms with Gasteiger partial charge < -0.3 is 5.32 Å². The molecule has 114 valence electrons. The molecule has 0 unspecified atom stereocenters. The molecule has 0 fully saturated rings.